The first-order valence-corrected chi connectivity index (χ1v) is 8.30. The highest BCUT2D eigenvalue weighted by Gasteiger charge is 2.26. The first kappa shape index (κ1) is 15.0. The SMILES string of the molecule is [2H]C([2H])(CC1CCN(C(=O)OC(C)(C)C)CC1)OCc1ccccc1. The summed E-state index contributed by atoms with van der Waals surface area (Å²) in [5, 5.41) is 0. The number of likely N-dealkylation sites (tertiary alicyclic amines) is 1. The molecule has 2 rings (SSSR count). The van der Waals surface area contributed by atoms with Crippen molar-refractivity contribution in [2.75, 3.05) is 19.6 Å². The van der Waals surface area contributed by atoms with Crippen LogP contribution in [0.2, 0.25) is 0 Å². The molecule has 1 aliphatic rings. The van der Waals surface area contributed by atoms with E-state index in [1.807, 2.05) is 51.1 Å². The quantitative estimate of drug-likeness (QED) is 0.814. The normalized spacial score (nSPS) is 18.3. The molecule has 0 spiro atoms. The Bertz CT molecular complexity index is 550. The van der Waals surface area contributed by atoms with Gasteiger partial charge >= 0.3 is 6.09 Å². The van der Waals surface area contributed by atoms with Crippen molar-refractivity contribution in [3.8, 4) is 0 Å². The van der Waals surface area contributed by atoms with Crippen molar-refractivity contribution in [3.05, 3.63) is 35.9 Å². The highest BCUT2D eigenvalue weighted by atomic mass is 16.6. The topological polar surface area (TPSA) is 38.8 Å². The molecule has 1 saturated heterocycles. The van der Waals surface area contributed by atoms with Crippen molar-refractivity contribution in [1.29, 1.82) is 0 Å². The number of carbonyl (C=O) groups excluding carboxylic acids is 1. The van der Waals surface area contributed by atoms with Gasteiger partial charge in [0.25, 0.3) is 0 Å². The van der Waals surface area contributed by atoms with E-state index in [2.05, 4.69) is 0 Å². The fraction of sp³-hybridized carbons (Fsp3) is 0.632. The Morgan fingerprint density at radius 3 is 2.52 bits per heavy atom. The molecule has 23 heavy (non-hydrogen) atoms. The number of rotatable bonds is 5. The fourth-order valence-electron chi connectivity index (χ4n) is 2.53. The van der Waals surface area contributed by atoms with Crippen LogP contribution in [0.5, 0.6) is 0 Å². The number of ether oxygens (including phenoxy) is 2. The molecule has 1 fully saturated rings. The first-order chi connectivity index (χ1) is 11.6. The van der Waals surface area contributed by atoms with Gasteiger partial charge in [-0.05, 0) is 51.5 Å². The highest BCUT2D eigenvalue weighted by molar-refractivity contribution is 5.68. The molecule has 0 N–H and O–H groups in total. The van der Waals surface area contributed by atoms with E-state index in [1.165, 1.54) is 0 Å². The molecule has 1 aromatic carbocycles. The monoisotopic (exact) mass is 321 g/mol. The van der Waals surface area contributed by atoms with Gasteiger partial charge in [-0.1, -0.05) is 30.3 Å². The average molecular weight is 321 g/mol. The summed E-state index contributed by atoms with van der Waals surface area (Å²) >= 11 is 0. The van der Waals surface area contributed by atoms with Crippen LogP contribution >= 0.6 is 0 Å². The largest absolute Gasteiger partial charge is 0.444 e. The number of benzene rings is 1. The van der Waals surface area contributed by atoms with Crippen LogP contribution in [0.4, 0.5) is 4.79 Å². The van der Waals surface area contributed by atoms with Crippen molar-refractivity contribution in [1.82, 2.24) is 4.90 Å². The summed E-state index contributed by atoms with van der Waals surface area (Å²) in [5.74, 6) is 0.212. The zero-order chi connectivity index (χ0) is 18.5. The second kappa shape index (κ2) is 8.34. The van der Waals surface area contributed by atoms with E-state index in [1.54, 1.807) is 4.90 Å². The van der Waals surface area contributed by atoms with Crippen molar-refractivity contribution < 1.29 is 17.0 Å². The van der Waals surface area contributed by atoms with Gasteiger partial charge in [0.05, 0.1) is 9.35 Å². The van der Waals surface area contributed by atoms with Gasteiger partial charge in [0.2, 0.25) is 0 Å². The molecule has 0 atom stereocenters. The van der Waals surface area contributed by atoms with Crippen molar-refractivity contribution >= 4 is 6.09 Å². The van der Waals surface area contributed by atoms with Crippen molar-refractivity contribution in [2.45, 2.75) is 52.2 Å². The Labute approximate surface area is 142 Å². The number of amides is 1. The van der Waals surface area contributed by atoms with Gasteiger partial charge < -0.3 is 14.4 Å². The lowest BCUT2D eigenvalue weighted by Crippen LogP contribution is -2.41. The summed E-state index contributed by atoms with van der Waals surface area (Å²) in [6.45, 7) is 5.39. The minimum atomic E-state index is -1.66. The van der Waals surface area contributed by atoms with Crippen LogP contribution in [0.1, 0.15) is 48.3 Å². The maximum absolute atomic E-state index is 12.1. The van der Waals surface area contributed by atoms with Crippen LogP contribution in [-0.2, 0) is 16.1 Å². The van der Waals surface area contributed by atoms with Gasteiger partial charge in [0, 0.05) is 19.6 Å². The summed E-state index contributed by atoms with van der Waals surface area (Å²) in [6, 6.07) is 9.61. The van der Waals surface area contributed by atoms with Crippen LogP contribution < -0.4 is 0 Å². The van der Waals surface area contributed by atoms with Gasteiger partial charge in [0.15, 0.2) is 0 Å². The fourth-order valence-corrected chi connectivity index (χ4v) is 2.53. The predicted octanol–water partition coefficient (Wildman–Crippen LogP) is 4.24. The summed E-state index contributed by atoms with van der Waals surface area (Å²) < 4.78 is 27.1. The van der Waals surface area contributed by atoms with Gasteiger partial charge in [-0.15, -0.1) is 0 Å². The van der Waals surface area contributed by atoms with Gasteiger partial charge in [-0.2, -0.15) is 0 Å². The standard InChI is InChI=1S/C19H29NO3/c1-19(2,3)23-18(21)20-12-9-16(10-13-20)11-14-22-15-17-7-5-4-6-8-17/h4-8,16H,9-15H2,1-3H3/i14D2. The molecule has 0 unspecified atom stereocenters. The lowest BCUT2D eigenvalue weighted by atomic mass is 9.94. The van der Waals surface area contributed by atoms with Crippen LogP contribution in [0, 0.1) is 5.92 Å². The molecule has 1 heterocycles. The Morgan fingerprint density at radius 2 is 1.91 bits per heavy atom. The maximum atomic E-state index is 12.1. The third-order valence-electron chi connectivity index (χ3n) is 3.82. The molecule has 0 aromatic heterocycles. The Hall–Kier alpha value is -1.55. The molecule has 0 radical (unpaired) electrons. The van der Waals surface area contributed by atoms with Gasteiger partial charge in [0.1, 0.15) is 5.60 Å². The Morgan fingerprint density at radius 1 is 1.26 bits per heavy atom. The van der Waals surface area contributed by atoms with E-state index in [9.17, 15) is 4.79 Å². The zero-order valence-corrected chi connectivity index (χ0v) is 14.4. The third-order valence-corrected chi connectivity index (χ3v) is 3.82. The molecule has 0 saturated carbocycles. The predicted molar refractivity (Wildman–Crippen MR) is 91.2 cm³/mol. The molecule has 0 aliphatic carbocycles. The Kier molecular flexibility index (Phi) is 5.44. The molecule has 4 heteroatoms. The Balaban J connectivity index is 1.75. The van der Waals surface area contributed by atoms with E-state index in [0.717, 1.165) is 18.4 Å². The summed E-state index contributed by atoms with van der Waals surface area (Å²) in [6.07, 6.45) is 1.61. The summed E-state index contributed by atoms with van der Waals surface area (Å²) in [4.78, 5) is 13.8. The average Bonchev–Trinajstić information content (AvgIpc) is 2.53. The number of hydrogen-bond acceptors (Lipinski definition) is 3. The molecule has 128 valence electrons. The van der Waals surface area contributed by atoms with Crippen LogP contribution in [0.25, 0.3) is 0 Å². The van der Waals surface area contributed by atoms with Crippen molar-refractivity contribution in [2.24, 2.45) is 5.92 Å². The second-order valence-corrected chi connectivity index (χ2v) is 7.03. The van der Waals surface area contributed by atoms with E-state index in [-0.39, 0.29) is 18.6 Å². The van der Waals surface area contributed by atoms with E-state index >= 15 is 0 Å². The van der Waals surface area contributed by atoms with E-state index in [4.69, 9.17) is 12.2 Å². The molecule has 1 aromatic rings. The van der Waals surface area contributed by atoms with Gasteiger partial charge in [-0.25, -0.2) is 4.79 Å². The minimum Gasteiger partial charge on any atom is -0.444 e. The van der Waals surface area contributed by atoms with Gasteiger partial charge in [-0.3, -0.25) is 0 Å². The number of piperidine rings is 1. The lowest BCUT2D eigenvalue weighted by molar-refractivity contribution is 0.0164. The number of nitrogens with zero attached hydrogens (tertiary/aromatic N) is 1. The van der Waals surface area contributed by atoms with Crippen LogP contribution in [-0.4, -0.2) is 36.2 Å². The van der Waals surface area contributed by atoms with E-state index < -0.39 is 12.2 Å². The third kappa shape index (κ3) is 6.61. The summed E-state index contributed by atoms with van der Waals surface area (Å²) in [5.41, 5.74) is 0.475. The smallest absolute Gasteiger partial charge is 0.410 e. The second-order valence-electron chi connectivity index (χ2n) is 7.03. The molecular formula is C19H29NO3. The summed E-state index contributed by atoms with van der Waals surface area (Å²) in [7, 11) is 0. The maximum Gasteiger partial charge on any atom is 0.410 e. The minimum absolute atomic E-state index is 0.212. The van der Waals surface area contributed by atoms with Crippen molar-refractivity contribution in [3.63, 3.8) is 0 Å². The zero-order valence-electron chi connectivity index (χ0n) is 16.4. The van der Waals surface area contributed by atoms with Crippen LogP contribution in [0.15, 0.2) is 30.3 Å². The van der Waals surface area contributed by atoms with Crippen LogP contribution in [0.3, 0.4) is 0 Å². The lowest BCUT2D eigenvalue weighted by Gasteiger charge is -2.33. The highest BCUT2D eigenvalue weighted by Crippen LogP contribution is 2.22. The number of carbonyl (C=O) groups is 1. The first-order valence-electron chi connectivity index (χ1n) is 9.30. The molecule has 1 amide bonds. The number of hydrogen-bond donors (Lipinski definition) is 0. The molecule has 1 aliphatic heterocycles. The molecule has 0 bridgehead atoms. The molecule has 4 nitrogen and oxygen atoms in total. The molecular weight excluding hydrogens is 290 g/mol. The van der Waals surface area contributed by atoms with E-state index in [0.29, 0.717) is 19.5 Å².